The first kappa shape index (κ1) is 11.3. The van der Waals surface area contributed by atoms with Gasteiger partial charge in [0.25, 0.3) is 0 Å². The molecule has 0 aromatic carbocycles. The van der Waals surface area contributed by atoms with Gasteiger partial charge in [0.15, 0.2) is 0 Å². The zero-order valence-electron chi connectivity index (χ0n) is 9.69. The fourth-order valence-corrected chi connectivity index (χ4v) is 2.79. The first-order valence-electron chi connectivity index (χ1n) is 5.13. The number of thiophene rings is 1. The van der Waals surface area contributed by atoms with Crippen molar-refractivity contribution in [3.05, 3.63) is 39.3 Å². The van der Waals surface area contributed by atoms with E-state index in [0.29, 0.717) is 0 Å². The lowest BCUT2D eigenvalue weighted by atomic mass is 10.0. The van der Waals surface area contributed by atoms with E-state index in [1.165, 1.54) is 10.4 Å². The van der Waals surface area contributed by atoms with Crippen molar-refractivity contribution in [1.29, 1.82) is 0 Å². The second-order valence-corrected chi connectivity index (χ2v) is 4.82. The van der Waals surface area contributed by atoms with Crippen LogP contribution in [0.2, 0.25) is 0 Å². The molecule has 0 aliphatic rings. The van der Waals surface area contributed by atoms with Gasteiger partial charge in [0.1, 0.15) is 0 Å². The fraction of sp³-hybridized carbons (Fsp3) is 0.364. The summed E-state index contributed by atoms with van der Waals surface area (Å²) in [6, 6.07) is 2.14. The van der Waals surface area contributed by atoms with E-state index in [2.05, 4.69) is 35.8 Å². The molecule has 0 fully saturated rings. The molecule has 0 aliphatic heterocycles. The van der Waals surface area contributed by atoms with Gasteiger partial charge in [0.05, 0.1) is 12.2 Å². The highest BCUT2D eigenvalue weighted by Crippen LogP contribution is 2.30. The number of nitrogens with two attached hydrogens (primary N) is 1. The van der Waals surface area contributed by atoms with E-state index in [4.69, 9.17) is 5.84 Å². The standard InChI is InChI=1S/C11H16N4S/c1-7-4-5-16-11(7)10(14-12)9-6-13-15(3)8(9)2/h4-6,10,14H,12H2,1-3H3. The number of nitrogens with zero attached hydrogens (tertiary/aromatic N) is 2. The van der Waals surface area contributed by atoms with Crippen molar-refractivity contribution in [1.82, 2.24) is 15.2 Å². The first-order chi connectivity index (χ1) is 7.65. The molecule has 0 amide bonds. The van der Waals surface area contributed by atoms with Gasteiger partial charge in [-0.25, -0.2) is 5.43 Å². The molecule has 2 rings (SSSR count). The van der Waals surface area contributed by atoms with Crippen LogP contribution in [0.1, 0.15) is 27.7 Å². The smallest absolute Gasteiger partial charge is 0.0838 e. The van der Waals surface area contributed by atoms with Gasteiger partial charge in [-0.05, 0) is 30.9 Å². The average molecular weight is 236 g/mol. The molecule has 86 valence electrons. The minimum absolute atomic E-state index is 0.0358. The summed E-state index contributed by atoms with van der Waals surface area (Å²) in [5, 5.41) is 6.33. The SMILES string of the molecule is Cc1ccsc1C(NN)c1cnn(C)c1C. The quantitative estimate of drug-likeness (QED) is 0.629. The summed E-state index contributed by atoms with van der Waals surface area (Å²) in [5.41, 5.74) is 6.40. The predicted octanol–water partition coefficient (Wildman–Crippen LogP) is 1.65. The van der Waals surface area contributed by atoms with Gasteiger partial charge in [-0.3, -0.25) is 10.5 Å². The van der Waals surface area contributed by atoms with E-state index in [9.17, 15) is 0 Å². The summed E-state index contributed by atoms with van der Waals surface area (Å²) < 4.78 is 1.86. The molecular weight excluding hydrogens is 220 g/mol. The Bertz CT molecular complexity index is 486. The van der Waals surface area contributed by atoms with E-state index < -0.39 is 0 Å². The zero-order chi connectivity index (χ0) is 11.7. The maximum atomic E-state index is 5.66. The molecule has 2 heterocycles. The van der Waals surface area contributed by atoms with Crippen molar-refractivity contribution in [2.75, 3.05) is 0 Å². The van der Waals surface area contributed by atoms with Crippen LogP contribution in [0.5, 0.6) is 0 Å². The molecule has 0 saturated heterocycles. The van der Waals surface area contributed by atoms with Crippen molar-refractivity contribution in [2.24, 2.45) is 12.9 Å². The highest BCUT2D eigenvalue weighted by atomic mass is 32.1. The molecular formula is C11H16N4S. The Kier molecular flexibility index (Phi) is 3.09. The highest BCUT2D eigenvalue weighted by molar-refractivity contribution is 7.10. The monoisotopic (exact) mass is 236 g/mol. The van der Waals surface area contributed by atoms with Crippen LogP contribution >= 0.6 is 11.3 Å². The van der Waals surface area contributed by atoms with Gasteiger partial charge in [-0.1, -0.05) is 0 Å². The fourth-order valence-electron chi connectivity index (χ4n) is 1.79. The number of rotatable bonds is 3. The minimum Gasteiger partial charge on any atom is -0.273 e. The van der Waals surface area contributed by atoms with Gasteiger partial charge < -0.3 is 0 Å². The van der Waals surface area contributed by atoms with Crippen molar-refractivity contribution in [2.45, 2.75) is 19.9 Å². The van der Waals surface area contributed by atoms with E-state index in [1.54, 1.807) is 11.3 Å². The second-order valence-electron chi connectivity index (χ2n) is 3.88. The van der Waals surface area contributed by atoms with Gasteiger partial charge in [0.2, 0.25) is 0 Å². The predicted molar refractivity (Wildman–Crippen MR) is 66.2 cm³/mol. The van der Waals surface area contributed by atoms with Crippen molar-refractivity contribution < 1.29 is 0 Å². The molecule has 0 bridgehead atoms. The lowest BCUT2D eigenvalue weighted by Crippen LogP contribution is -2.29. The Labute approximate surface area is 99.1 Å². The number of nitrogens with one attached hydrogen (secondary N) is 1. The lowest BCUT2D eigenvalue weighted by molar-refractivity contribution is 0.637. The molecule has 0 aliphatic carbocycles. The van der Waals surface area contributed by atoms with Gasteiger partial charge in [-0.15, -0.1) is 11.3 Å². The van der Waals surface area contributed by atoms with E-state index in [0.717, 1.165) is 11.3 Å². The van der Waals surface area contributed by atoms with Gasteiger partial charge in [0, 0.05) is 23.2 Å². The van der Waals surface area contributed by atoms with Crippen LogP contribution in [0.3, 0.4) is 0 Å². The maximum absolute atomic E-state index is 5.66. The Morgan fingerprint density at radius 2 is 2.25 bits per heavy atom. The van der Waals surface area contributed by atoms with Crippen molar-refractivity contribution >= 4 is 11.3 Å². The van der Waals surface area contributed by atoms with Crippen LogP contribution in [-0.4, -0.2) is 9.78 Å². The summed E-state index contributed by atoms with van der Waals surface area (Å²) in [4.78, 5) is 1.25. The van der Waals surface area contributed by atoms with Crippen LogP contribution in [0.4, 0.5) is 0 Å². The second kappa shape index (κ2) is 4.37. The lowest BCUT2D eigenvalue weighted by Gasteiger charge is -2.15. The first-order valence-corrected chi connectivity index (χ1v) is 6.01. The minimum atomic E-state index is 0.0358. The van der Waals surface area contributed by atoms with Crippen LogP contribution in [0, 0.1) is 13.8 Å². The van der Waals surface area contributed by atoms with Crippen LogP contribution in [0.15, 0.2) is 17.6 Å². The zero-order valence-corrected chi connectivity index (χ0v) is 10.5. The van der Waals surface area contributed by atoms with E-state index >= 15 is 0 Å². The number of aryl methyl sites for hydroxylation is 2. The Hall–Kier alpha value is -1.17. The Morgan fingerprint density at radius 1 is 1.50 bits per heavy atom. The molecule has 1 unspecified atom stereocenters. The number of aromatic nitrogens is 2. The average Bonchev–Trinajstić information content (AvgIpc) is 2.81. The van der Waals surface area contributed by atoms with Crippen LogP contribution in [0.25, 0.3) is 0 Å². The molecule has 0 spiro atoms. The number of hydrogen-bond acceptors (Lipinski definition) is 4. The third kappa shape index (κ3) is 1.77. The maximum Gasteiger partial charge on any atom is 0.0838 e. The van der Waals surface area contributed by atoms with E-state index in [1.807, 2.05) is 17.9 Å². The molecule has 5 heteroatoms. The molecule has 2 aromatic rings. The van der Waals surface area contributed by atoms with E-state index in [-0.39, 0.29) is 6.04 Å². The summed E-state index contributed by atoms with van der Waals surface area (Å²) in [6.45, 7) is 4.15. The van der Waals surface area contributed by atoms with Crippen molar-refractivity contribution in [3.8, 4) is 0 Å². The molecule has 0 saturated carbocycles. The summed E-state index contributed by atoms with van der Waals surface area (Å²) in [6.07, 6.45) is 1.87. The summed E-state index contributed by atoms with van der Waals surface area (Å²) in [5.74, 6) is 5.66. The molecule has 3 N–H and O–H groups in total. The van der Waals surface area contributed by atoms with Crippen LogP contribution in [-0.2, 0) is 7.05 Å². The highest BCUT2D eigenvalue weighted by Gasteiger charge is 2.19. The number of hydrogen-bond donors (Lipinski definition) is 2. The van der Waals surface area contributed by atoms with Crippen LogP contribution < -0.4 is 11.3 Å². The molecule has 0 radical (unpaired) electrons. The molecule has 16 heavy (non-hydrogen) atoms. The molecule has 1 atom stereocenters. The van der Waals surface area contributed by atoms with Gasteiger partial charge in [-0.2, -0.15) is 5.10 Å². The van der Waals surface area contributed by atoms with Crippen molar-refractivity contribution in [3.63, 3.8) is 0 Å². The Morgan fingerprint density at radius 3 is 2.69 bits per heavy atom. The summed E-state index contributed by atoms with van der Waals surface area (Å²) in [7, 11) is 1.94. The number of hydrazine groups is 1. The molecule has 2 aromatic heterocycles. The molecule has 4 nitrogen and oxygen atoms in total. The third-order valence-corrected chi connectivity index (χ3v) is 4.00. The Balaban J connectivity index is 2.45. The topological polar surface area (TPSA) is 55.9 Å². The van der Waals surface area contributed by atoms with Gasteiger partial charge >= 0.3 is 0 Å². The summed E-state index contributed by atoms with van der Waals surface area (Å²) >= 11 is 1.72. The normalized spacial score (nSPS) is 13.0. The third-order valence-electron chi connectivity index (χ3n) is 2.91. The largest absolute Gasteiger partial charge is 0.273 e.